The molecule has 0 radical (unpaired) electrons. The fourth-order valence-electron chi connectivity index (χ4n) is 3.74. The summed E-state index contributed by atoms with van der Waals surface area (Å²) in [5, 5.41) is 4.03. The van der Waals surface area contributed by atoms with Crippen LogP contribution in [0.25, 0.3) is 0 Å². The number of fused-ring (bicyclic) bond motifs is 1. The van der Waals surface area contributed by atoms with E-state index in [0.717, 1.165) is 19.6 Å². The van der Waals surface area contributed by atoms with Gasteiger partial charge in [0, 0.05) is 32.7 Å². The van der Waals surface area contributed by atoms with Gasteiger partial charge in [-0.1, -0.05) is 30.3 Å². The van der Waals surface area contributed by atoms with E-state index in [1.807, 2.05) is 6.07 Å². The van der Waals surface area contributed by atoms with Crippen LogP contribution in [-0.2, 0) is 23.6 Å². The normalized spacial score (nSPS) is 26.5. The average Bonchev–Trinajstić information content (AvgIpc) is 2.88. The van der Waals surface area contributed by atoms with Crippen molar-refractivity contribution in [2.75, 3.05) is 13.1 Å². The molecule has 0 amide bonds. The van der Waals surface area contributed by atoms with Crippen LogP contribution in [0, 0.1) is 18.8 Å². The van der Waals surface area contributed by atoms with Crippen LogP contribution in [0.1, 0.15) is 11.3 Å². The van der Waals surface area contributed by atoms with E-state index in [1.165, 1.54) is 11.8 Å². The SMILES string of the molecule is Cc1c(S(=O)(=O)NC2[C@H]3CN(Cc4ccccc4)C[C@H]23)cnn1C. The lowest BCUT2D eigenvalue weighted by atomic mass is 10.2. The Bertz CT molecular complexity index is 835. The Morgan fingerprint density at radius 3 is 2.46 bits per heavy atom. The monoisotopic (exact) mass is 346 g/mol. The number of likely N-dealkylation sites (tertiary alicyclic amines) is 1. The summed E-state index contributed by atoms with van der Waals surface area (Å²) in [7, 11) is -1.73. The second-order valence-corrected chi connectivity index (χ2v) is 8.55. The van der Waals surface area contributed by atoms with Crippen LogP contribution in [0.4, 0.5) is 0 Å². The smallest absolute Gasteiger partial charge is 0.244 e. The molecule has 2 heterocycles. The molecular weight excluding hydrogens is 324 g/mol. The van der Waals surface area contributed by atoms with E-state index in [4.69, 9.17) is 0 Å². The van der Waals surface area contributed by atoms with Gasteiger partial charge in [-0.25, -0.2) is 13.1 Å². The van der Waals surface area contributed by atoms with E-state index in [0.29, 0.717) is 17.5 Å². The lowest BCUT2D eigenvalue weighted by Gasteiger charge is -2.19. The summed E-state index contributed by atoms with van der Waals surface area (Å²) in [6, 6.07) is 10.5. The molecule has 1 saturated carbocycles. The van der Waals surface area contributed by atoms with Crippen molar-refractivity contribution in [1.82, 2.24) is 19.4 Å². The van der Waals surface area contributed by atoms with Gasteiger partial charge in [0.1, 0.15) is 4.90 Å². The number of nitrogens with zero attached hydrogens (tertiary/aromatic N) is 3. The average molecular weight is 346 g/mol. The van der Waals surface area contributed by atoms with Crippen molar-refractivity contribution in [2.45, 2.75) is 24.4 Å². The summed E-state index contributed by atoms with van der Waals surface area (Å²) in [6.07, 6.45) is 1.43. The van der Waals surface area contributed by atoms with Crippen LogP contribution in [-0.4, -0.2) is 42.2 Å². The molecule has 6 nitrogen and oxygen atoms in total. The first kappa shape index (κ1) is 15.8. The van der Waals surface area contributed by atoms with E-state index in [-0.39, 0.29) is 10.9 Å². The number of hydrogen-bond acceptors (Lipinski definition) is 4. The predicted molar refractivity (Wildman–Crippen MR) is 90.8 cm³/mol. The number of aryl methyl sites for hydroxylation is 1. The second kappa shape index (κ2) is 5.68. The van der Waals surface area contributed by atoms with Gasteiger partial charge in [-0.2, -0.15) is 5.10 Å². The van der Waals surface area contributed by atoms with Gasteiger partial charge in [-0.05, 0) is 24.3 Å². The Hall–Kier alpha value is -1.70. The van der Waals surface area contributed by atoms with Gasteiger partial charge in [-0.3, -0.25) is 9.58 Å². The number of piperidine rings is 1. The molecule has 0 spiro atoms. The molecule has 1 aliphatic carbocycles. The van der Waals surface area contributed by atoms with Crippen LogP contribution < -0.4 is 4.72 Å². The third-order valence-electron chi connectivity index (χ3n) is 5.29. The topological polar surface area (TPSA) is 67.2 Å². The molecule has 1 saturated heterocycles. The van der Waals surface area contributed by atoms with Crippen LogP contribution in [0.2, 0.25) is 0 Å². The minimum Gasteiger partial charge on any atom is -0.298 e. The first-order valence-electron chi connectivity index (χ1n) is 8.23. The number of sulfonamides is 1. The largest absolute Gasteiger partial charge is 0.298 e. The van der Waals surface area contributed by atoms with Gasteiger partial charge in [0.15, 0.2) is 0 Å². The summed E-state index contributed by atoms with van der Waals surface area (Å²) < 4.78 is 29.6. The molecule has 1 aliphatic heterocycles. The number of nitrogens with one attached hydrogen (secondary N) is 1. The summed E-state index contributed by atoms with van der Waals surface area (Å²) in [5.74, 6) is 0.862. The van der Waals surface area contributed by atoms with Crippen molar-refractivity contribution in [3.8, 4) is 0 Å². The van der Waals surface area contributed by atoms with Crippen molar-refractivity contribution >= 4 is 10.0 Å². The minimum absolute atomic E-state index is 0.0710. The Morgan fingerprint density at radius 2 is 1.88 bits per heavy atom. The number of rotatable bonds is 5. The molecule has 1 aromatic carbocycles. The van der Waals surface area contributed by atoms with Crippen LogP contribution in [0.15, 0.2) is 41.4 Å². The van der Waals surface area contributed by atoms with E-state index < -0.39 is 10.0 Å². The zero-order valence-electron chi connectivity index (χ0n) is 13.9. The maximum atomic E-state index is 12.5. The molecule has 0 unspecified atom stereocenters. The van der Waals surface area contributed by atoms with Crippen LogP contribution in [0.5, 0.6) is 0 Å². The highest BCUT2D eigenvalue weighted by Gasteiger charge is 2.57. The second-order valence-electron chi connectivity index (χ2n) is 6.87. The zero-order chi connectivity index (χ0) is 16.9. The van der Waals surface area contributed by atoms with Crippen LogP contribution >= 0.6 is 0 Å². The molecule has 2 aliphatic rings. The Morgan fingerprint density at radius 1 is 1.21 bits per heavy atom. The number of benzene rings is 1. The van der Waals surface area contributed by atoms with Crippen molar-refractivity contribution < 1.29 is 8.42 Å². The van der Waals surface area contributed by atoms with Crippen molar-refractivity contribution in [3.63, 3.8) is 0 Å². The lowest BCUT2D eigenvalue weighted by Crippen LogP contribution is -2.34. The van der Waals surface area contributed by atoms with Gasteiger partial charge in [0.2, 0.25) is 10.0 Å². The highest BCUT2D eigenvalue weighted by Crippen LogP contribution is 2.46. The first-order chi connectivity index (χ1) is 11.5. The minimum atomic E-state index is -3.48. The van der Waals surface area contributed by atoms with Gasteiger partial charge in [0.05, 0.1) is 11.9 Å². The predicted octanol–water partition coefficient (Wildman–Crippen LogP) is 1.14. The Kier molecular flexibility index (Phi) is 3.74. The third kappa shape index (κ3) is 2.76. The van der Waals surface area contributed by atoms with Crippen molar-refractivity contribution in [1.29, 1.82) is 0 Å². The molecule has 7 heteroatoms. The van der Waals surface area contributed by atoms with Gasteiger partial charge >= 0.3 is 0 Å². The fraction of sp³-hybridized carbons (Fsp3) is 0.471. The Balaban J connectivity index is 1.36. The molecule has 2 aromatic rings. The molecule has 0 bridgehead atoms. The zero-order valence-corrected chi connectivity index (χ0v) is 14.7. The Labute approximate surface area is 142 Å². The summed E-state index contributed by atoms with van der Waals surface area (Å²) in [4.78, 5) is 2.70. The van der Waals surface area contributed by atoms with E-state index >= 15 is 0 Å². The molecular formula is C17H22N4O2S. The van der Waals surface area contributed by atoms with E-state index in [9.17, 15) is 8.42 Å². The maximum Gasteiger partial charge on any atom is 0.244 e. The summed E-state index contributed by atoms with van der Waals surface area (Å²) >= 11 is 0. The highest BCUT2D eigenvalue weighted by molar-refractivity contribution is 7.89. The maximum absolute atomic E-state index is 12.5. The van der Waals surface area contributed by atoms with Crippen molar-refractivity contribution in [3.05, 3.63) is 47.8 Å². The number of aromatic nitrogens is 2. The summed E-state index contributed by atoms with van der Waals surface area (Å²) in [6.45, 7) is 4.63. The molecule has 24 heavy (non-hydrogen) atoms. The first-order valence-corrected chi connectivity index (χ1v) is 9.71. The summed E-state index contributed by atoms with van der Waals surface area (Å²) in [5.41, 5.74) is 1.97. The van der Waals surface area contributed by atoms with Gasteiger partial charge < -0.3 is 0 Å². The van der Waals surface area contributed by atoms with E-state index in [2.05, 4.69) is 39.0 Å². The lowest BCUT2D eigenvalue weighted by molar-refractivity contribution is 0.287. The molecule has 128 valence electrons. The third-order valence-corrected chi connectivity index (χ3v) is 6.85. The number of hydrogen-bond donors (Lipinski definition) is 1. The van der Waals surface area contributed by atoms with Crippen LogP contribution in [0.3, 0.4) is 0 Å². The van der Waals surface area contributed by atoms with Gasteiger partial charge in [0.25, 0.3) is 0 Å². The molecule has 2 atom stereocenters. The van der Waals surface area contributed by atoms with Gasteiger partial charge in [-0.15, -0.1) is 0 Å². The standard InChI is InChI=1S/C17H22N4O2S/c1-12-16(8-18-20(12)2)24(22,23)19-17-14-10-21(11-15(14)17)9-13-6-4-3-5-7-13/h3-8,14-15,17,19H,9-11H2,1-2H3/t14-,15-/m0/s1. The highest BCUT2D eigenvalue weighted by atomic mass is 32.2. The van der Waals surface area contributed by atoms with E-state index in [1.54, 1.807) is 18.7 Å². The molecule has 4 rings (SSSR count). The quantitative estimate of drug-likeness (QED) is 0.882. The molecule has 1 N–H and O–H groups in total. The molecule has 2 fully saturated rings. The van der Waals surface area contributed by atoms with Crippen molar-refractivity contribution in [2.24, 2.45) is 18.9 Å². The fourth-order valence-corrected chi connectivity index (χ4v) is 5.29. The molecule has 1 aromatic heterocycles.